The molecule has 2 heterocycles. The van der Waals surface area contributed by atoms with Crippen LogP contribution in [0.25, 0.3) is 16.9 Å². The zero-order valence-electron chi connectivity index (χ0n) is 15.3. The fourth-order valence-corrected chi connectivity index (χ4v) is 2.66. The molecule has 26 heavy (non-hydrogen) atoms. The normalized spacial score (nSPS) is 11.3. The summed E-state index contributed by atoms with van der Waals surface area (Å²) in [5, 5.41) is 4.48. The van der Waals surface area contributed by atoms with Crippen LogP contribution in [0.3, 0.4) is 0 Å². The number of unbranched alkanes of at least 4 members (excludes halogenated alkanes) is 1. The number of nitrogens with zero attached hydrogens (tertiary/aromatic N) is 4. The van der Waals surface area contributed by atoms with Gasteiger partial charge in [0.25, 0.3) is 0 Å². The highest BCUT2D eigenvalue weighted by Crippen LogP contribution is 2.26. The van der Waals surface area contributed by atoms with Gasteiger partial charge in [0.1, 0.15) is 0 Å². The topological polar surface area (TPSA) is 51.9 Å². The molecule has 0 spiro atoms. The Morgan fingerprint density at radius 3 is 2.73 bits per heavy atom. The van der Waals surface area contributed by atoms with Gasteiger partial charge in [0, 0.05) is 11.6 Å². The van der Waals surface area contributed by atoms with E-state index < -0.39 is 5.82 Å². The molecule has 0 fully saturated rings. The second-order valence-corrected chi connectivity index (χ2v) is 6.29. The first-order valence-corrected chi connectivity index (χ1v) is 8.54. The van der Waals surface area contributed by atoms with E-state index in [1.165, 1.54) is 13.2 Å². The molecule has 0 N–H and O–H groups in total. The van der Waals surface area contributed by atoms with Crippen LogP contribution in [-0.4, -0.2) is 53.9 Å². The van der Waals surface area contributed by atoms with Gasteiger partial charge in [-0.05, 0) is 57.7 Å². The third kappa shape index (κ3) is 4.11. The number of methoxy groups -OCH3 is 1. The van der Waals surface area contributed by atoms with Crippen LogP contribution >= 0.6 is 0 Å². The van der Waals surface area contributed by atoms with Crippen molar-refractivity contribution in [3.05, 3.63) is 42.3 Å². The number of rotatable bonds is 8. The number of benzene rings is 1. The lowest BCUT2D eigenvalue weighted by Gasteiger charge is -2.10. The highest BCUT2D eigenvalue weighted by molar-refractivity contribution is 5.64. The minimum Gasteiger partial charge on any atom is -0.494 e. The van der Waals surface area contributed by atoms with Crippen molar-refractivity contribution in [3.63, 3.8) is 0 Å². The molecule has 6 nitrogen and oxygen atoms in total. The SMILES string of the molecule is COc1ccc(-c2cnc3ccc(OCCCCN(C)C)nn23)cc1F. The maximum Gasteiger partial charge on any atom is 0.231 e. The van der Waals surface area contributed by atoms with Gasteiger partial charge in [-0.2, -0.15) is 0 Å². The van der Waals surface area contributed by atoms with Crippen molar-refractivity contribution >= 4 is 5.65 Å². The monoisotopic (exact) mass is 358 g/mol. The summed E-state index contributed by atoms with van der Waals surface area (Å²) in [6, 6.07) is 8.42. The summed E-state index contributed by atoms with van der Waals surface area (Å²) >= 11 is 0. The van der Waals surface area contributed by atoms with Crippen molar-refractivity contribution in [2.75, 3.05) is 34.4 Å². The van der Waals surface area contributed by atoms with Gasteiger partial charge in [-0.25, -0.2) is 13.9 Å². The maximum atomic E-state index is 14.0. The average Bonchev–Trinajstić information content (AvgIpc) is 3.04. The third-order valence-electron chi connectivity index (χ3n) is 4.04. The summed E-state index contributed by atoms with van der Waals surface area (Å²) in [5.74, 6) is 0.307. The summed E-state index contributed by atoms with van der Waals surface area (Å²) in [7, 11) is 5.55. The zero-order chi connectivity index (χ0) is 18.5. The van der Waals surface area contributed by atoms with Gasteiger partial charge in [-0.3, -0.25) is 0 Å². The van der Waals surface area contributed by atoms with Gasteiger partial charge in [-0.15, -0.1) is 5.10 Å². The predicted molar refractivity (Wildman–Crippen MR) is 98.2 cm³/mol. The Hall–Kier alpha value is -2.67. The van der Waals surface area contributed by atoms with Crippen LogP contribution in [0.15, 0.2) is 36.5 Å². The van der Waals surface area contributed by atoms with Crippen molar-refractivity contribution in [1.29, 1.82) is 0 Å². The van der Waals surface area contributed by atoms with Crippen molar-refractivity contribution in [2.45, 2.75) is 12.8 Å². The van der Waals surface area contributed by atoms with Crippen molar-refractivity contribution in [1.82, 2.24) is 19.5 Å². The summed E-state index contributed by atoms with van der Waals surface area (Å²) in [5.41, 5.74) is 2.04. The first kappa shape index (κ1) is 18.1. The van der Waals surface area contributed by atoms with Gasteiger partial charge >= 0.3 is 0 Å². The van der Waals surface area contributed by atoms with E-state index >= 15 is 0 Å². The van der Waals surface area contributed by atoms with E-state index in [-0.39, 0.29) is 5.75 Å². The number of imidazole rings is 1. The van der Waals surface area contributed by atoms with Gasteiger partial charge in [0.15, 0.2) is 17.2 Å². The molecule has 1 aromatic carbocycles. The minimum absolute atomic E-state index is 0.206. The fourth-order valence-electron chi connectivity index (χ4n) is 2.66. The lowest BCUT2D eigenvalue weighted by Crippen LogP contribution is -2.14. The molecule has 0 atom stereocenters. The zero-order valence-corrected chi connectivity index (χ0v) is 15.3. The Morgan fingerprint density at radius 1 is 1.15 bits per heavy atom. The molecule has 2 aromatic heterocycles. The molecule has 0 amide bonds. The fraction of sp³-hybridized carbons (Fsp3) is 0.368. The summed E-state index contributed by atoms with van der Waals surface area (Å²) < 4.78 is 26.4. The molecule has 138 valence electrons. The second-order valence-electron chi connectivity index (χ2n) is 6.29. The quantitative estimate of drug-likeness (QED) is 0.579. The Bertz CT molecular complexity index is 879. The van der Waals surface area contributed by atoms with Gasteiger partial charge in [0.2, 0.25) is 5.88 Å². The molecule has 0 unspecified atom stereocenters. The van der Waals surface area contributed by atoms with Crippen molar-refractivity contribution in [3.8, 4) is 22.9 Å². The summed E-state index contributed by atoms with van der Waals surface area (Å²) in [6.45, 7) is 1.64. The van der Waals surface area contributed by atoms with E-state index in [1.54, 1.807) is 28.9 Å². The van der Waals surface area contributed by atoms with Crippen LogP contribution in [-0.2, 0) is 0 Å². The van der Waals surface area contributed by atoms with Gasteiger partial charge in [-0.1, -0.05) is 0 Å². The number of halogens is 1. The second kappa shape index (κ2) is 8.14. The lowest BCUT2D eigenvalue weighted by molar-refractivity contribution is 0.280. The van der Waals surface area contributed by atoms with Crippen LogP contribution < -0.4 is 9.47 Å². The van der Waals surface area contributed by atoms with E-state index in [0.29, 0.717) is 29.4 Å². The van der Waals surface area contributed by atoms with E-state index in [0.717, 1.165) is 19.4 Å². The van der Waals surface area contributed by atoms with Gasteiger partial charge in [0.05, 0.1) is 25.6 Å². The third-order valence-corrected chi connectivity index (χ3v) is 4.04. The Kier molecular flexibility index (Phi) is 5.68. The highest BCUT2D eigenvalue weighted by Gasteiger charge is 2.11. The standard InChI is InChI=1S/C19H23FN4O2/c1-23(2)10-4-5-11-26-19-9-8-18-21-13-16(24(18)22-19)14-6-7-17(25-3)15(20)12-14/h6-9,12-13H,4-5,10-11H2,1-3H3. The minimum atomic E-state index is -0.423. The van der Waals surface area contributed by atoms with Crippen LogP contribution in [0, 0.1) is 5.82 Å². The molecule has 0 saturated carbocycles. The molecule has 0 aliphatic carbocycles. The Balaban J connectivity index is 1.77. The van der Waals surface area contributed by atoms with Gasteiger partial charge < -0.3 is 14.4 Å². The first-order chi connectivity index (χ1) is 12.6. The van der Waals surface area contributed by atoms with E-state index in [4.69, 9.17) is 9.47 Å². The molecule has 3 aromatic rings. The van der Waals surface area contributed by atoms with Crippen molar-refractivity contribution in [2.24, 2.45) is 0 Å². The maximum absolute atomic E-state index is 14.0. The Labute approximate surface area is 152 Å². The predicted octanol–water partition coefficient (Wildman–Crippen LogP) is 3.26. The van der Waals surface area contributed by atoms with E-state index in [9.17, 15) is 4.39 Å². The van der Waals surface area contributed by atoms with Crippen LogP contribution in [0.4, 0.5) is 4.39 Å². The molecule has 0 radical (unpaired) electrons. The smallest absolute Gasteiger partial charge is 0.231 e. The molecule has 7 heteroatoms. The molecular formula is C19H23FN4O2. The van der Waals surface area contributed by atoms with E-state index in [1.807, 2.05) is 6.07 Å². The molecular weight excluding hydrogens is 335 g/mol. The van der Waals surface area contributed by atoms with Crippen LogP contribution in [0.5, 0.6) is 11.6 Å². The first-order valence-electron chi connectivity index (χ1n) is 8.54. The number of aromatic nitrogens is 3. The number of hydrogen-bond donors (Lipinski definition) is 0. The summed E-state index contributed by atoms with van der Waals surface area (Å²) in [4.78, 5) is 6.47. The van der Waals surface area contributed by atoms with E-state index in [2.05, 4.69) is 29.1 Å². The number of hydrogen-bond acceptors (Lipinski definition) is 5. The Morgan fingerprint density at radius 2 is 2.00 bits per heavy atom. The number of fused-ring (bicyclic) bond motifs is 1. The molecule has 0 aliphatic heterocycles. The highest BCUT2D eigenvalue weighted by atomic mass is 19.1. The molecule has 0 saturated heterocycles. The summed E-state index contributed by atoms with van der Waals surface area (Å²) in [6.07, 6.45) is 3.69. The van der Waals surface area contributed by atoms with Crippen LogP contribution in [0.2, 0.25) is 0 Å². The molecule has 0 bridgehead atoms. The largest absolute Gasteiger partial charge is 0.494 e. The van der Waals surface area contributed by atoms with Crippen LogP contribution in [0.1, 0.15) is 12.8 Å². The average molecular weight is 358 g/mol. The lowest BCUT2D eigenvalue weighted by atomic mass is 10.1. The number of ether oxygens (including phenoxy) is 2. The van der Waals surface area contributed by atoms with Crippen molar-refractivity contribution < 1.29 is 13.9 Å². The molecule has 0 aliphatic rings. The molecule has 3 rings (SSSR count).